The Labute approximate surface area is 212 Å². The van der Waals surface area contributed by atoms with Gasteiger partial charge in [0.15, 0.2) is 0 Å². The number of amides is 1. The smallest absolute Gasteiger partial charge is 0.341 e. The van der Waals surface area contributed by atoms with E-state index < -0.39 is 17.8 Å². The minimum absolute atomic E-state index is 0.196. The molecule has 0 radical (unpaired) electrons. The average Bonchev–Trinajstić information content (AvgIpc) is 3.51. The number of hydrogen-bond donors (Lipinski definition) is 1. The number of methoxy groups -OCH3 is 1. The summed E-state index contributed by atoms with van der Waals surface area (Å²) in [6.45, 7) is 1.95. The number of nitriles is 1. The van der Waals surface area contributed by atoms with E-state index >= 15 is 0 Å². The second-order valence-corrected chi connectivity index (χ2v) is 9.10. The van der Waals surface area contributed by atoms with Gasteiger partial charge >= 0.3 is 11.9 Å². The lowest BCUT2D eigenvalue weighted by atomic mass is 9.95. The third kappa shape index (κ3) is 5.09. The monoisotopic (exact) mass is 504 g/mol. The number of nitrogens with zero attached hydrogens (tertiary/aromatic N) is 1. The zero-order valence-corrected chi connectivity index (χ0v) is 20.7. The predicted octanol–water partition coefficient (Wildman–Crippen LogP) is 5.40. The van der Waals surface area contributed by atoms with E-state index in [1.165, 1.54) is 24.5 Å². The van der Waals surface area contributed by atoms with E-state index in [1.54, 1.807) is 43.3 Å². The normalized spacial score (nSPS) is 12.9. The van der Waals surface area contributed by atoms with Crippen LogP contribution < -0.4 is 5.32 Å². The average molecular weight is 505 g/mol. The van der Waals surface area contributed by atoms with Crippen LogP contribution in [0, 0.1) is 11.3 Å². The van der Waals surface area contributed by atoms with Crippen molar-refractivity contribution in [1.82, 2.24) is 0 Å². The second-order valence-electron chi connectivity index (χ2n) is 8.00. The number of carbonyl (C=O) groups is 3. The van der Waals surface area contributed by atoms with E-state index in [2.05, 4.69) is 5.32 Å². The van der Waals surface area contributed by atoms with Crippen molar-refractivity contribution in [3.05, 3.63) is 69.3 Å². The van der Waals surface area contributed by atoms with E-state index in [4.69, 9.17) is 13.9 Å². The third-order valence-corrected chi connectivity index (χ3v) is 6.96. The summed E-state index contributed by atoms with van der Waals surface area (Å²) in [6.07, 6.45) is 4.89. The fraction of sp³-hybridized carbons (Fsp3) is 0.259. The molecule has 1 aliphatic carbocycles. The van der Waals surface area contributed by atoms with Gasteiger partial charge in [-0.15, -0.1) is 11.3 Å². The summed E-state index contributed by atoms with van der Waals surface area (Å²) in [7, 11) is 1.30. The number of fused-ring (bicyclic) bond motifs is 1. The van der Waals surface area contributed by atoms with Crippen LogP contribution in [0.5, 0.6) is 0 Å². The SMILES string of the molecule is CCOC(=O)c1c(NC(=O)/C(C#N)=C\c2ccc(-c3ccccc3C(=O)OC)o2)sc2c1CCCC2. The van der Waals surface area contributed by atoms with E-state index in [-0.39, 0.29) is 17.9 Å². The summed E-state index contributed by atoms with van der Waals surface area (Å²) in [5.41, 5.74) is 1.95. The fourth-order valence-corrected chi connectivity index (χ4v) is 5.37. The summed E-state index contributed by atoms with van der Waals surface area (Å²) in [6, 6.07) is 11.9. The molecule has 3 aromatic rings. The second kappa shape index (κ2) is 11.1. The van der Waals surface area contributed by atoms with Gasteiger partial charge in [-0.25, -0.2) is 9.59 Å². The fourth-order valence-electron chi connectivity index (χ4n) is 4.10. The highest BCUT2D eigenvalue weighted by molar-refractivity contribution is 7.17. The summed E-state index contributed by atoms with van der Waals surface area (Å²) in [5.74, 6) is -1.00. The molecule has 2 heterocycles. The van der Waals surface area contributed by atoms with Crippen molar-refractivity contribution in [2.24, 2.45) is 0 Å². The van der Waals surface area contributed by atoms with E-state index in [0.29, 0.717) is 27.5 Å². The van der Waals surface area contributed by atoms with E-state index in [9.17, 15) is 19.6 Å². The Balaban J connectivity index is 1.61. The number of benzene rings is 1. The first-order valence-electron chi connectivity index (χ1n) is 11.5. The van der Waals surface area contributed by atoms with Crippen LogP contribution >= 0.6 is 11.3 Å². The van der Waals surface area contributed by atoms with Gasteiger partial charge in [0.1, 0.15) is 28.2 Å². The number of carbonyl (C=O) groups excluding carboxylic acids is 3. The molecule has 0 fully saturated rings. The van der Waals surface area contributed by atoms with Gasteiger partial charge in [-0.3, -0.25) is 4.79 Å². The molecule has 0 saturated carbocycles. The van der Waals surface area contributed by atoms with Gasteiger partial charge in [0, 0.05) is 16.5 Å². The highest BCUT2D eigenvalue weighted by Gasteiger charge is 2.28. The molecule has 0 atom stereocenters. The number of aryl methyl sites for hydroxylation is 1. The van der Waals surface area contributed by atoms with Crippen LogP contribution in [0.2, 0.25) is 0 Å². The van der Waals surface area contributed by atoms with Crippen LogP contribution in [-0.2, 0) is 27.1 Å². The Morgan fingerprint density at radius 3 is 2.67 bits per heavy atom. The van der Waals surface area contributed by atoms with Crippen LogP contribution in [0.1, 0.15) is 56.7 Å². The third-order valence-electron chi connectivity index (χ3n) is 5.75. The molecular weight excluding hydrogens is 480 g/mol. The van der Waals surface area contributed by atoms with Crippen molar-refractivity contribution < 1.29 is 28.3 Å². The Morgan fingerprint density at radius 2 is 1.92 bits per heavy atom. The molecular formula is C27H24N2O6S. The highest BCUT2D eigenvalue weighted by atomic mass is 32.1. The Morgan fingerprint density at radius 1 is 1.14 bits per heavy atom. The summed E-state index contributed by atoms with van der Waals surface area (Å²) in [4.78, 5) is 38.8. The highest BCUT2D eigenvalue weighted by Crippen LogP contribution is 2.39. The van der Waals surface area contributed by atoms with Crippen LogP contribution in [0.3, 0.4) is 0 Å². The van der Waals surface area contributed by atoms with Crippen LogP contribution in [0.25, 0.3) is 17.4 Å². The summed E-state index contributed by atoms with van der Waals surface area (Å²) < 4.78 is 15.9. The van der Waals surface area contributed by atoms with Gasteiger partial charge in [0.05, 0.1) is 24.8 Å². The lowest BCUT2D eigenvalue weighted by molar-refractivity contribution is -0.112. The molecule has 0 spiro atoms. The molecule has 9 heteroatoms. The first-order chi connectivity index (χ1) is 17.5. The number of esters is 2. The van der Waals surface area contributed by atoms with Crippen molar-refractivity contribution >= 4 is 40.3 Å². The van der Waals surface area contributed by atoms with Crippen molar-refractivity contribution in [1.29, 1.82) is 5.26 Å². The van der Waals surface area contributed by atoms with Gasteiger partial charge in [-0.05, 0) is 56.4 Å². The molecule has 8 nitrogen and oxygen atoms in total. The number of nitrogens with one attached hydrogen (secondary N) is 1. The summed E-state index contributed by atoms with van der Waals surface area (Å²) >= 11 is 1.35. The maximum absolute atomic E-state index is 13.0. The molecule has 4 rings (SSSR count). The first kappa shape index (κ1) is 24.9. The molecule has 1 aliphatic rings. The number of furan rings is 1. The minimum Gasteiger partial charge on any atom is -0.465 e. The number of hydrogen-bond acceptors (Lipinski definition) is 8. The molecule has 0 aliphatic heterocycles. The van der Waals surface area contributed by atoms with E-state index in [0.717, 1.165) is 36.1 Å². The van der Waals surface area contributed by atoms with Crippen molar-refractivity contribution in [2.75, 3.05) is 19.0 Å². The van der Waals surface area contributed by atoms with E-state index in [1.807, 2.05) is 6.07 Å². The molecule has 1 amide bonds. The van der Waals surface area contributed by atoms with Crippen molar-refractivity contribution in [3.8, 4) is 17.4 Å². The molecule has 0 bridgehead atoms. The zero-order chi connectivity index (χ0) is 25.7. The lowest BCUT2D eigenvalue weighted by Gasteiger charge is -2.12. The van der Waals surface area contributed by atoms with Gasteiger partial charge in [0.2, 0.25) is 0 Å². The Kier molecular flexibility index (Phi) is 7.66. The van der Waals surface area contributed by atoms with Crippen LogP contribution in [0.4, 0.5) is 5.00 Å². The minimum atomic E-state index is -0.658. The standard InChI is InChI=1S/C27H24N2O6S/c1-3-34-27(32)23-20-10-6-7-11-22(20)36-25(23)29-24(30)16(15-28)14-17-12-13-21(35-17)18-8-4-5-9-19(18)26(31)33-2/h4-5,8-9,12-14H,3,6-7,10-11H2,1-2H3,(H,29,30)/b16-14-. The molecule has 1 N–H and O–H groups in total. The largest absolute Gasteiger partial charge is 0.465 e. The van der Waals surface area contributed by atoms with Crippen LogP contribution in [-0.4, -0.2) is 31.6 Å². The number of ether oxygens (including phenoxy) is 2. The topological polar surface area (TPSA) is 119 Å². The Bertz CT molecular complexity index is 1390. The predicted molar refractivity (Wildman–Crippen MR) is 135 cm³/mol. The maximum atomic E-state index is 13.0. The molecule has 1 aromatic carbocycles. The Hall–Kier alpha value is -4.16. The summed E-state index contributed by atoms with van der Waals surface area (Å²) in [5, 5.41) is 12.8. The van der Waals surface area contributed by atoms with Gasteiger partial charge in [-0.1, -0.05) is 18.2 Å². The molecule has 184 valence electrons. The number of thiophene rings is 1. The molecule has 0 saturated heterocycles. The quantitative estimate of drug-likeness (QED) is 0.260. The molecule has 2 aromatic heterocycles. The van der Waals surface area contributed by atoms with Gasteiger partial charge in [0.25, 0.3) is 5.91 Å². The number of anilines is 1. The zero-order valence-electron chi connectivity index (χ0n) is 19.9. The maximum Gasteiger partial charge on any atom is 0.341 e. The number of rotatable bonds is 7. The van der Waals surface area contributed by atoms with Crippen molar-refractivity contribution in [3.63, 3.8) is 0 Å². The molecule has 0 unspecified atom stereocenters. The van der Waals surface area contributed by atoms with Crippen molar-refractivity contribution in [2.45, 2.75) is 32.6 Å². The van der Waals surface area contributed by atoms with Gasteiger partial charge < -0.3 is 19.2 Å². The van der Waals surface area contributed by atoms with Crippen LogP contribution in [0.15, 0.2) is 46.4 Å². The first-order valence-corrected chi connectivity index (χ1v) is 12.3. The molecule has 36 heavy (non-hydrogen) atoms. The lowest BCUT2D eigenvalue weighted by Crippen LogP contribution is -2.16. The van der Waals surface area contributed by atoms with Gasteiger partial charge in [-0.2, -0.15) is 5.26 Å².